The first kappa shape index (κ1) is 16.4. The third-order valence-electron chi connectivity index (χ3n) is 2.65. The molecule has 0 radical (unpaired) electrons. The van der Waals surface area contributed by atoms with Crippen molar-refractivity contribution in [3.8, 4) is 0 Å². The highest BCUT2D eigenvalue weighted by Gasteiger charge is 2.36. The topological polar surface area (TPSA) is 130 Å². The molecular formula is C10H21NO6. The van der Waals surface area contributed by atoms with E-state index in [1.807, 2.05) is 0 Å². The smallest absolute Gasteiger partial charge is 0.180 e. The fraction of sp³-hybridized carbons (Fsp3) is 0.900. The lowest BCUT2D eigenvalue weighted by atomic mass is 9.96. The maximum Gasteiger partial charge on any atom is 0.180 e. The van der Waals surface area contributed by atoms with Gasteiger partial charge in [0, 0.05) is 0 Å². The minimum Gasteiger partial charge on any atom is -0.394 e. The van der Waals surface area contributed by atoms with Crippen LogP contribution in [0.5, 0.6) is 0 Å². The van der Waals surface area contributed by atoms with Crippen LogP contribution in [-0.2, 0) is 4.79 Å². The molecule has 0 aromatic rings. The first-order chi connectivity index (χ1) is 7.90. The fourth-order valence-electron chi connectivity index (χ4n) is 1.44. The minimum absolute atomic E-state index is 0.414. The third kappa shape index (κ3) is 4.30. The van der Waals surface area contributed by atoms with E-state index in [-0.39, 0.29) is 0 Å². The van der Waals surface area contributed by atoms with Gasteiger partial charge in [-0.15, -0.1) is 0 Å². The van der Waals surface area contributed by atoms with E-state index in [0.717, 1.165) is 0 Å². The molecule has 102 valence electrons. The number of carbonyl (C=O) groups excluding carboxylic acids is 1. The highest BCUT2D eigenvalue weighted by atomic mass is 16.4. The summed E-state index contributed by atoms with van der Waals surface area (Å²) in [6.07, 6.45) is -6.64. The SMILES string of the molecule is CCC(NC)C(=O)[C@H](O)[C@@H](O)[C@H](O)[C@H](O)CO. The number of aliphatic hydroxyl groups excluding tert-OH is 5. The molecule has 0 aliphatic heterocycles. The van der Waals surface area contributed by atoms with E-state index < -0.39 is 42.8 Å². The number of hydrogen-bond acceptors (Lipinski definition) is 7. The monoisotopic (exact) mass is 251 g/mol. The molecule has 0 fully saturated rings. The van der Waals surface area contributed by atoms with Crippen LogP contribution in [0.2, 0.25) is 0 Å². The second-order valence-electron chi connectivity index (χ2n) is 3.83. The van der Waals surface area contributed by atoms with Crippen LogP contribution in [0.1, 0.15) is 13.3 Å². The summed E-state index contributed by atoms with van der Waals surface area (Å²) in [5, 5.41) is 48.7. The standard InChI is InChI=1S/C10H21NO6/c1-3-5(11-2)7(14)9(16)10(17)8(15)6(13)4-12/h5-6,8-13,15-17H,3-4H2,1-2H3/t5?,6-,8-,9+,10+/m1/s1. The molecule has 0 aliphatic rings. The molecule has 0 aromatic heterocycles. The van der Waals surface area contributed by atoms with Gasteiger partial charge < -0.3 is 30.8 Å². The Balaban J connectivity index is 4.58. The van der Waals surface area contributed by atoms with Gasteiger partial charge in [0.2, 0.25) is 0 Å². The van der Waals surface area contributed by atoms with Gasteiger partial charge in [0.05, 0.1) is 12.6 Å². The summed E-state index contributed by atoms with van der Waals surface area (Å²) in [6.45, 7) is 0.944. The predicted octanol–water partition coefficient (Wildman–Crippen LogP) is -3.01. The fourth-order valence-corrected chi connectivity index (χ4v) is 1.44. The number of rotatable bonds is 8. The molecule has 0 saturated carbocycles. The van der Waals surface area contributed by atoms with Gasteiger partial charge in [-0.2, -0.15) is 0 Å². The van der Waals surface area contributed by atoms with Crippen molar-refractivity contribution >= 4 is 5.78 Å². The van der Waals surface area contributed by atoms with Gasteiger partial charge in [-0.3, -0.25) is 4.79 Å². The summed E-state index contributed by atoms with van der Waals surface area (Å²) in [5.74, 6) is -0.674. The van der Waals surface area contributed by atoms with Crippen LogP contribution >= 0.6 is 0 Å². The Labute approximate surface area is 99.7 Å². The van der Waals surface area contributed by atoms with Crippen molar-refractivity contribution in [3.63, 3.8) is 0 Å². The Morgan fingerprint density at radius 3 is 2.06 bits per heavy atom. The van der Waals surface area contributed by atoms with Gasteiger partial charge in [0.1, 0.15) is 24.4 Å². The normalized spacial score (nSPS) is 20.4. The molecule has 0 aromatic carbocycles. The molecular weight excluding hydrogens is 230 g/mol. The van der Waals surface area contributed by atoms with Crippen LogP contribution in [-0.4, -0.2) is 75.4 Å². The largest absolute Gasteiger partial charge is 0.394 e. The Morgan fingerprint density at radius 1 is 1.18 bits per heavy atom. The molecule has 6 N–H and O–H groups in total. The Bertz CT molecular complexity index is 233. The highest BCUT2D eigenvalue weighted by molar-refractivity contribution is 5.88. The maximum absolute atomic E-state index is 11.6. The number of hydrogen-bond donors (Lipinski definition) is 6. The molecule has 7 nitrogen and oxygen atoms in total. The van der Waals surface area contributed by atoms with Gasteiger partial charge in [-0.05, 0) is 13.5 Å². The number of nitrogens with one attached hydrogen (secondary N) is 1. The van der Waals surface area contributed by atoms with E-state index in [2.05, 4.69) is 5.32 Å². The van der Waals surface area contributed by atoms with E-state index in [4.69, 9.17) is 10.2 Å². The average molecular weight is 251 g/mol. The molecule has 0 amide bonds. The maximum atomic E-state index is 11.6. The quantitative estimate of drug-likeness (QED) is 0.271. The molecule has 0 rings (SSSR count). The number of carbonyl (C=O) groups is 1. The highest BCUT2D eigenvalue weighted by Crippen LogP contribution is 2.08. The molecule has 0 bridgehead atoms. The van der Waals surface area contributed by atoms with Crippen LogP contribution in [0.4, 0.5) is 0 Å². The average Bonchev–Trinajstić information content (AvgIpc) is 2.36. The number of Topliss-reactive ketones (excluding diaryl/α,β-unsaturated/α-hetero) is 1. The zero-order valence-corrected chi connectivity index (χ0v) is 9.95. The summed E-state index contributed by atoms with van der Waals surface area (Å²) in [5.41, 5.74) is 0. The molecule has 5 atom stereocenters. The minimum atomic E-state index is -1.84. The molecule has 0 aliphatic carbocycles. The lowest BCUT2D eigenvalue weighted by molar-refractivity contribution is -0.148. The van der Waals surface area contributed by atoms with Gasteiger partial charge in [0.25, 0.3) is 0 Å². The predicted molar refractivity (Wildman–Crippen MR) is 59.3 cm³/mol. The van der Waals surface area contributed by atoms with E-state index >= 15 is 0 Å². The van der Waals surface area contributed by atoms with Gasteiger partial charge in [-0.1, -0.05) is 6.92 Å². The summed E-state index contributed by atoms with van der Waals surface area (Å²) < 4.78 is 0. The summed E-state index contributed by atoms with van der Waals surface area (Å²) in [7, 11) is 1.53. The molecule has 0 saturated heterocycles. The number of aliphatic hydroxyl groups is 5. The third-order valence-corrected chi connectivity index (χ3v) is 2.65. The molecule has 0 spiro atoms. The van der Waals surface area contributed by atoms with Gasteiger partial charge in [-0.25, -0.2) is 0 Å². The van der Waals surface area contributed by atoms with Crippen LogP contribution in [0, 0.1) is 0 Å². The van der Waals surface area contributed by atoms with Crippen molar-refractivity contribution in [3.05, 3.63) is 0 Å². The van der Waals surface area contributed by atoms with Crippen LogP contribution in [0.25, 0.3) is 0 Å². The molecule has 7 heteroatoms. The summed E-state index contributed by atoms with van der Waals surface area (Å²) >= 11 is 0. The molecule has 1 unspecified atom stereocenters. The van der Waals surface area contributed by atoms with Crippen molar-refractivity contribution in [1.82, 2.24) is 5.32 Å². The molecule has 17 heavy (non-hydrogen) atoms. The lowest BCUT2D eigenvalue weighted by Crippen LogP contribution is -2.52. The van der Waals surface area contributed by atoms with E-state index in [1.165, 1.54) is 7.05 Å². The van der Waals surface area contributed by atoms with Gasteiger partial charge >= 0.3 is 0 Å². The Hall–Kier alpha value is -0.570. The number of likely N-dealkylation sites (N-methyl/N-ethyl adjacent to an activating group) is 1. The van der Waals surface area contributed by atoms with Crippen LogP contribution in [0.15, 0.2) is 0 Å². The number of ketones is 1. The van der Waals surface area contributed by atoms with E-state index in [1.54, 1.807) is 6.92 Å². The summed E-state index contributed by atoms with van der Waals surface area (Å²) in [4.78, 5) is 11.6. The van der Waals surface area contributed by atoms with Crippen molar-refractivity contribution in [2.75, 3.05) is 13.7 Å². The zero-order valence-electron chi connectivity index (χ0n) is 9.95. The first-order valence-corrected chi connectivity index (χ1v) is 5.44. The van der Waals surface area contributed by atoms with Crippen molar-refractivity contribution < 1.29 is 30.3 Å². The lowest BCUT2D eigenvalue weighted by Gasteiger charge is -2.26. The van der Waals surface area contributed by atoms with E-state index in [9.17, 15) is 20.1 Å². The van der Waals surface area contributed by atoms with Gasteiger partial charge in [0.15, 0.2) is 5.78 Å². The van der Waals surface area contributed by atoms with Crippen molar-refractivity contribution in [1.29, 1.82) is 0 Å². The first-order valence-electron chi connectivity index (χ1n) is 5.44. The van der Waals surface area contributed by atoms with Crippen molar-refractivity contribution in [2.24, 2.45) is 0 Å². The Kier molecular flexibility index (Phi) is 7.44. The van der Waals surface area contributed by atoms with E-state index in [0.29, 0.717) is 6.42 Å². The second-order valence-corrected chi connectivity index (χ2v) is 3.83. The zero-order chi connectivity index (χ0) is 13.6. The second kappa shape index (κ2) is 7.70. The van der Waals surface area contributed by atoms with Crippen LogP contribution in [0.3, 0.4) is 0 Å². The summed E-state index contributed by atoms with van der Waals surface area (Å²) in [6, 6.07) is -0.641. The molecule has 0 heterocycles. The Morgan fingerprint density at radius 2 is 1.71 bits per heavy atom. The van der Waals surface area contributed by atoms with Crippen LogP contribution < -0.4 is 5.32 Å². The van der Waals surface area contributed by atoms with Crippen molar-refractivity contribution in [2.45, 2.75) is 43.8 Å².